The molecule has 0 saturated heterocycles. The van der Waals surface area contributed by atoms with Gasteiger partial charge in [-0.05, 0) is 30.3 Å². The minimum absolute atomic E-state index is 0.359. The van der Waals surface area contributed by atoms with Crippen molar-refractivity contribution in [1.82, 2.24) is 4.98 Å². The van der Waals surface area contributed by atoms with Gasteiger partial charge >= 0.3 is 6.18 Å². The van der Waals surface area contributed by atoms with E-state index in [0.717, 1.165) is 29.1 Å². The van der Waals surface area contributed by atoms with Crippen molar-refractivity contribution in [3.8, 4) is 11.3 Å². The molecule has 0 saturated carbocycles. The highest BCUT2D eigenvalue weighted by molar-refractivity contribution is 7.14. The Kier molecular flexibility index (Phi) is 4.67. The molecule has 1 N–H and O–H groups in total. The molecule has 0 unspecified atom stereocenters. The first-order valence-electron chi connectivity index (χ1n) is 7.50. The van der Waals surface area contributed by atoms with Gasteiger partial charge < -0.3 is 10.2 Å². The van der Waals surface area contributed by atoms with E-state index in [1.165, 1.54) is 17.4 Å². The van der Waals surface area contributed by atoms with Crippen molar-refractivity contribution in [2.24, 2.45) is 0 Å². The predicted octanol–water partition coefficient (Wildman–Crippen LogP) is 5.64. The highest BCUT2D eigenvalue weighted by Crippen LogP contribution is 2.33. The molecule has 25 heavy (non-hydrogen) atoms. The van der Waals surface area contributed by atoms with Crippen molar-refractivity contribution in [2.45, 2.75) is 6.18 Å². The van der Waals surface area contributed by atoms with Crippen molar-refractivity contribution >= 4 is 27.8 Å². The molecular weight excluding hydrogens is 347 g/mol. The largest absolute Gasteiger partial charge is 0.416 e. The Morgan fingerprint density at radius 2 is 1.80 bits per heavy atom. The van der Waals surface area contributed by atoms with E-state index in [0.29, 0.717) is 10.8 Å². The Labute approximate surface area is 147 Å². The van der Waals surface area contributed by atoms with Crippen molar-refractivity contribution in [1.29, 1.82) is 0 Å². The number of aromatic nitrogens is 1. The summed E-state index contributed by atoms with van der Waals surface area (Å²) in [5.41, 5.74) is 2.46. The molecule has 3 rings (SSSR count). The van der Waals surface area contributed by atoms with Gasteiger partial charge in [-0.15, -0.1) is 11.3 Å². The van der Waals surface area contributed by atoms with Crippen LogP contribution >= 0.6 is 11.3 Å². The van der Waals surface area contributed by atoms with Crippen LogP contribution in [0.25, 0.3) is 11.3 Å². The SMILES string of the molecule is CN(C)c1cccc(-c2csc(Nc3cccc(C(F)(F)F)c3)n2)c1. The molecule has 2 aromatic carbocycles. The molecule has 0 spiro atoms. The van der Waals surface area contributed by atoms with Gasteiger partial charge in [-0.3, -0.25) is 0 Å². The van der Waals surface area contributed by atoms with Gasteiger partial charge in [0.15, 0.2) is 5.13 Å². The standard InChI is InChI=1S/C18H16F3N3S/c1-24(2)15-8-3-5-12(9-15)16-11-25-17(23-16)22-14-7-4-6-13(10-14)18(19,20)21/h3-11H,1-2H3,(H,22,23). The molecule has 0 amide bonds. The number of halogens is 3. The Balaban J connectivity index is 1.82. The van der Waals surface area contributed by atoms with E-state index < -0.39 is 11.7 Å². The van der Waals surface area contributed by atoms with Crippen LogP contribution in [0.5, 0.6) is 0 Å². The summed E-state index contributed by atoms with van der Waals surface area (Å²) in [7, 11) is 3.92. The number of rotatable bonds is 4. The van der Waals surface area contributed by atoms with Crippen LogP contribution in [-0.4, -0.2) is 19.1 Å². The predicted molar refractivity (Wildman–Crippen MR) is 96.6 cm³/mol. The number of alkyl halides is 3. The van der Waals surface area contributed by atoms with Crippen LogP contribution in [-0.2, 0) is 6.18 Å². The number of thiazole rings is 1. The lowest BCUT2D eigenvalue weighted by Crippen LogP contribution is -2.08. The minimum atomic E-state index is -4.36. The molecule has 0 aliphatic heterocycles. The maximum absolute atomic E-state index is 12.8. The van der Waals surface area contributed by atoms with Crippen LogP contribution in [0.1, 0.15) is 5.56 Å². The molecule has 0 aliphatic rings. The second-order valence-corrected chi connectivity index (χ2v) is 6.54. The molecule has 0 radical (unpaired) electrons. The van der Waals surface area contributed by atoms with Crippen LogP contribution in [0.4, 0.5) is 29.7 Å². The van der Waals surface area contributed by atoms with E-state index in [2.05, 4.69) is 10.3 Å². The summed E-state index contributed by atoms with van der Waals surface area (Å²) in [6.45, 7) is 0. The van der Waals surface area contributed by atoms with Crippen LogP contribution in [0.15, 0.2) is 53.9 Å². The van der Waals surface area contributed by atoms with Gasteiger partial charge in [-0.25, -0.2) is 4.98 Å². The molecular formula is C18H16F3N3S. The molecule has 0 aliphatic carbocycles. The third-order valence-corrected chi connectivity index (χ3v) is 4.36. The zero-order valence-electron chi connectivity index (χ0n) is 13.6. The van der Waals surface area contributed by atoms with Crippen molar-refractivity contribution < 1.29 is 13.2 Å². The smallest absolute Gasteiger partial charge is 0.378 e. The van der Waals surface area contributed by atoms with E-state index in [1.54, 1.807) is 6.07 Å². The molecule has 1 aromatic heterocycles. The van der Waals surface area contributed by atoms with Crippen molar-refractivity contribution in [3.05, 3.63) is 59.5 Å². The lowest BCUT2D eigenvalue weighted by Gasteiger charge is -2.12. The number of nitrogens with one attached hydrogen (secondary N) is 1. The summed E-state index contributed by atoms with van der Waals surface area (Å²) in [5.74, 6) is 0. The Morgan fingerprint density at radius 1 is 1.04 bits per heavy atom. The Morgan fingerprint density at radius 3 is 2.52 bits per heavy atom. The summed E-state index contributed by atoms with van der Waals surface area (Å²) in [6, 6.07) is 13.0. The maximum atomic E-state index is 12.8. The quantitative estimate of drug-likeness (QED) is 0.650. The highest BCUT2D eigenvalue weighted by Gasteiger charge is 2.30. The molecule has 3 aromatic rings. The van der Waals surface area contributed by atoms with Gasteiger partial charge in [-0.2, -0.15) is 13.2 Å². The fraction of sp³-hybridized carbons (Fsp3) is 0.167. The summed E-state index contributed by atoms with van der Waals surface area (Å²) >= 11 is 1.35. The normalized spacial score (nSPS) is 11.4. The fourth-order valence-electron chi connectivity index (χ4n) is 2.30. The van der Waals surface area contributed by atoms with E-state index in [9.17, 15) is 13.2 Å². The van der Waals surface area contributed by atoms with Gasteiger partial charge in [-0.1, -0.05) is 18.2 Å². The lowest BCUT2D eigenvalue weighted by atomic mass is 10.1. The summed E-state index contributed by atoms with van der Waals surface area (Å²) in [6.07, 6.45) is -4.36. The average Bonchev–Trinajstić information content (AvgIpc) is 3.03. The first-order valence-corrected chi connectivity index (χ1v) is 8.38. The second-order valence-electron chi connectivity index (χ2n) is 5.69. The number of benzene rings is 2. The second kappa shape index (κ2) is 6.76. The first-order chi connectivity index (χ1) is 11.8. The van der Waals surface area contributed by atoms with Gasteiger partial charge in [0.05, 0.1) is 11.3 Å². The Bertz CT molecular complexity index is 872. The maximum Gasteiger partial charge on any atom is 0.416 e. The number of hydrogen-bond acceptors (Lipinski definition) is 4. The molecule has 7 heteroatoms. The van der Waals surface area contributed by atoms with Crippen LogP contribution < -0.4 is 10.2 Å². The molecule has 1 heterocycles. The van der Waals surface area contributed by atoms with E-state index in [1.807, 2.05) is 48.6 Å². The van der Waals surface area contributed by atoms with Gasteiger partial charge in [0.2, 0.25) is 0 Å². The highest BCUT2D eigenvalue weighted by atomic mass is 32.1. The summed E-state index contributed by atoms with van der Waals surface area (Å²) < 4.78 is 38.4. The van der Waals surface area contributed by atoms with E-state index >= 15 is 0 Å². The van der Waals surface area contributed by atoms with Gasteiger partial charge in [0.25, 0.3) is 0 Å². The minimum Gasteiger partial charge on any atom is -0.378 e. The molecule has 0 atom stereocenters. The number of nitrogens with zero attached hydrogens (tertiary/aromatic N) is 2. The van der Waals surface area contributed by atoms with E-state index in [4.69, 9.17) is 0 Å². The lowest BCUT2D eigenvalue weighted by molar-refractivity contribution is -0.137. The third kappa shape index (κ3) is 4.11. The monoisotopic (exact) mass is 363 g/mol. The molecule has 0 fully saturated rings. The van der Waals surface area contributed by atoms with Gasteiger partial charge in [0.1, 0.15) is 0 Å². The van der Waals surface area contributed by atoms with Gasteiger partial charge in [0, 0.05) is 36.4 Å². The first kappa shape index (κ1) is 17.3. The van der Waals surface area contributed by atoms with Crippen molar-refractivity contribution in [2.75, 3.05) is 24.3 Å². The average molecular weight is 363 g/mol. The molecule has 130 valence electrons. The Hall–Kier alpha value is -2.54. The van der Waals surface area contributed by atoms with Crippen LogP contribution in [0.3, 0.4) is 0 Å². The third-order valence-electron chi connectivity index (χ3n) is 3.60. The number of hydrogen-bond donors (Lipinski definition) is 1. The van der Waals surface area contributed by atoms with Crippen molar-refractivity contribution in [3.63, 3.8) is 0 Å². The zero-order chi connectivity index (χ0) is 18.0. The topological polar surface area (TPSA) is 28.2 Å². The van der Waals surface area contributed by atoms with Crippen LogP contribution in [0, 0.1) is 0 Å². The van der Waals surface area contributed by atoms with Crippen LogP contribution in [0.2, 0.25) is 0 Å². The number of anilines is 3. The molecule has 0 bridgehead atoms. The summed E-state index contributed by atoms with van der Waals surface area (Å²) in [5, 5.41) is 5.37. The fourth-order valence-corrected chi connectivity index (χ4v) is 3.04. The zero-order valence-corrected chi connectivity index (χ0v) is 14.4. The van der Waals surface area contributed by atoms with E-state index in [-0.39, 0.29) is 0 Å². The molecule has 3 nitrogen and oxygen atoms in total. The summed E-state index contributed by atoms with van der Waals surface area (Å²) in [4.78, 5) is 6.47.